The maximum absolute atomic E-state index is 12.3. The second kappa shape index (κ2) is 7.12. The molecule has 4 nitrogen and oxygen atoms in total. The number of carboxylic acids is 1. The maximum Gasteiger partial charge on any atom is 0.310 e. The summed E-state index contributed by atoms with van der Waals surface area (Å²) in [5, 5.41) is 9.47. The maximum atomic E-state index is 12.3. The van der Waals surface area contributed by atoms with Crippen molar-refractivity contribution in [2.24, 2.45) is 5.41 Å². The fraction of sp³-hybridized carbons (Fsp3) is 0.600. The van der Waals surface area contributed by atoms with Gasteiger partial charge in [-0.05, 0) is 12.8 Å². The Hall–Kier alpha value is -1.58. The third kappa shape index (κ3) is 3.94. The molecule has 1 fully saturated rings. The lowest BCUT2D eigenvalue weighted by molar-refractivity contribution is -0.155. The van der Waals surface area contributed by atoms with Crippen LogP contribution in [-0.2, 0) is 9.59 Å². The number of hydrogen-bond acceptors (Lipinski definition) is 2. The summed E-state index contributed by atoms with van der Waals surface area (Å²) in [5.74, 6) is -0.957. The fourth-order valence-electron chi connectivity index (χ4n) is 2.69. The van der Waals surface area contributed by atoms with Gasteiger partial charge in [-0.1, -0.05) is 31.4 Å². The van der Waals surface area contributed by atoms with Crippen molar-refractivity contribution < 1.29 is 14.7 Å². The molecule has 0 bridgehead atoms. The van der Waals surface area contributed by atoms with E-state index in [1.807, 2.05) is 0 Å². The monoisotopic (exact) mass is 265 g/mol. The highest BCUT2D eigenvalue weighted by molar-refractivity contribution is 5.85. The first-order chi connectivity index (χ1) is 9.05. The van der Waals surface area contributed by atoms with E-state index >= 15 is 0 Å². The molecule has 0 saturated heterocycles. The van der Waals surface area contributed by atoms with E-state index in [1.54, 1.807) is 17.1 Å². The second-order valence-corrected chi connectivity index (χ2v) is 5.20. The summed E-state index contributed by atoms with van der Waals surface area (Å²) in [6.45, 7) is 8.10. The minimum atomic E-state index is -0.865. The van der Waals surface area contributed by atoms with Gasteiger partial charge >= 0.3 is 5.97 Å². The molecular formula is C15H23NO3. The van der Waals surface area contributed by atoms with E-state index in [4.69, 9.17) is 0 Å². The summed E-state index contributed by atoms with van der Waals surface area (Å²) in [6, 6.07) is 0. The van der Waals surface area contributed by atoms with E-state index in [0.717, 1.165) is 19.3 Å². The second-order valence-electron chi connectivity index (χ2n) is 5.20. The van der Waals surface area contributed by atoms with Gasteiger partial charge in [-0.25, -0.2) is 0 Å². The quantitative estimate of drug-likeness (QED) is 0.720. The predicted octanol–water partition coefficient (Wildman–Crippen LogP) is 2.61. The zero-order valence-corrected chi connectivity index (χ0v) is 11.4. The van der Waals surface area contributed by atoms with Crippen molar-refractivity contribution in [1.29, 1.82) is 0 Å². The predicted molar refractivity (Wildman–Crippen MR) is 74.7 cm³/mol. The Bertz CT molecular complexity index is 346. The van der Waals surface area contributed by atoms with Crippen LogP contribution in [0.3, 0.4) is 0 Å². The Balaban J connectivity index is 2.77. The Morgan fingerprint density at radius 3 is 2.05 bits per heavy atom. The number of nitrogens with zero attached hydrogens (tertiary/aromatic N) is 1. The summed E-state index contributed by atoms with van der Waals surface area (Å²) in [7, 11) is 0. The molecular weight excluding hydrogens is 242 g/mol. The molecule has 0 aliphatic heterocycles. The number of carbonyl (C=O) groups is 2. The van der Waals surface area contributed by atoms with Gasteiger partial charge in [-0.15, -0.1) is 13.2 Å². The highest BCUT2D eigenvalue weighted by atomic mass is 16.4. The number of hydrogen-bond donors (Lipinski definition) is 1. The van der Waals surface area contributed by atoms with E-state index in [2.05, 4.69) is 13.2 Å². The van der Waals surface area contributed by atoms with Gasteiger partial charge < -0.3 is 10.0 Å². The fourth-order valence-corrected chi connectivity index (χ4v) is 2.69. The lowest BCUT2D eigenvalue weighted by Crippen LogP contribution is -2.41. The first-order valence-electron chi connectivity index (χ1n) is 6.79. The number of rotatable bonds is 7. The van der Waals surface area contributed by atoms with Crippen molar-refractivity contribution >= 4 is 11.9 Å². The minimum absolute atomic E-state index is 0.0873. The molecule has 1 aliphatic rings. The van der Waals surface area contributed by atoms with Crippen molar-refractivity contribution in [3.05, 3.63) is 25.3 Å². The molecule has 1 aliphatic carbocycles. The van der Waals surface area contributed by atoms with Crippen molar-refractivity contribution in [3.63, 3.8) is 0 Å². The van der Waals surface area contributed by atoms with Crippen LogP contribution in [0.4, 0.5) is 0 Å². The summed E-state index contributed by atoms with van der Waals surface area (Å²) in [4.78, 5) is 25.4. The van der Waals surface area contributed by atoms with Crippen LogP contribution in [0.1, 0.15) is 38.5 Å². The lowest BCUT2D eigenvalue weighted by atomic mass is 9.71. The Morgan fingerprint density at radius 2 is 1.63 bits per heavy atom. The van der Waals surface area contributed by atoms with Gasteiger partial charge in [0.1, 0.15) is 0 Å². The number of carbonyl (C=O) groups excluding carboxylic acids is 1. The van der Waals surface area contributed by atoms with Crippen molar-refractivity contribution in [2.75, 3.05) is 13.1 Å². The molecule has 1 amide bonds. The molecule has 1 N–H and O–H groups in total. The molecule has 0 atom stereocenters. The van der Waals surface area contributed by atoms with E-state index in [1.165, 1.54) is 0 Å². The number of aliphatic carboxylic acids is 1. The molecule has 0 unspecified atom stereocenters. The van der Waals surface area contributed by atoms with Crippen LogP contribution in [0.5, 0.6) is 0 Å². The first kappa shape index (κ1) is 15.5. The van der Waals surface area contributed by atoms with Crippen molar-refractivity contribution in [2.45, 2.75) is 38.5 Å². The average molecular weight is 265 g/mol. The molecule has 0 aromatic rings. The lowest BCUT2D eigenvalue weighted by Gasteiger charge is -2.34. The molecule has 0 heterocycles. The zero-order chi connectivity index (χ0) is 14.3. The first-order valence-corrected chi connectivity index (χ1v) is 6.79. The molecule has 1 saturated carbocycles. The molecule has 106 valence electrons. The highest BCUT2D eigenvalue weighted by Crippen LogP contribution is 2.40. The Kier molecular flexibility index (Phi) is 5.80. The van der Waals surface area contributed by atoms with Gasteiger partial charge in [0.05, 0.1) is 5.41 Å². The van der Waals surface area contributed by atoms with Gasteiger partial charge in [0.2, 0.25) is 5.91 Å². The van der Waals surface area contributed by atoms with Gasteiger partial charge in [0, 0.05) is 19.5 Å². The Labute approximate surface area is 114 Å². The van der Waals surface area contributed by atoms with E-state index < -0.39 is 11.4 Å². The largest absolute Gasteiger partial charge is 0.481 e. The smallest absolute Gasteiger partial charge is 0.310 e. The van der Waals surface area contributed by atoms with Crippen molar-refractivity contribution in [1.82, 2.24) is 4.90 Å². The topological polar surface area (TPSA) is 57.6 Å². The van der Waals surface area contributed by atoms with Crippen LogP contribution >= 0.6 is 0 Å². The molecule has 19 heavy (non-hydrogen) atoms. The Morgan fingerprint density at radius 1 is 1.11 bits per heavy atom. The van der Waals surface area contributed by atoms with Crippen LogP contribution < -0.4 is 0 Å². The molecule has 0 aromatic heterocycles. The summed E-state index contributed by atoms with van der Waals surface area (Å²) >= 11 is 0. The SMILES string of the molecule is C=CCN(CC=C)C(=O)CC1(C(=O)O)CCCCC1. The van der Waals surface area contributed by atoms with Crippen LogP contribution in [0.15, 0.2) is 25.3 Å². The molecule has 0 spiro atoms. The molecule has 0 radical (unpaired) electrons. The van der Waals surface area contributed by atoms with E-state index in [9.17, 15) is 14.7 Å². The standard InChI is InChI=1S/C15H23NO3/c1-3-10-16(11-4-2)13(17)12-15(14(18)19)8-6-5-7-9-15/h3-4H,1-2,5-12H2,(H,18,19). The highest BCUT2D eigenvalue weighted by Gasteiger charge is 2.42. The summed E-state index contributed by atoms with van der Waals surface area (Å²) in [5.41, 5.74) is -0.865. The minimum Gasteiger partial charge on any atom is -0.481 e. The third-order valence-electron chi connectivity index (χ3n) is 3.81. The van der Waals surface area contributed by atoms with Crippen molar-refractivity contribution in [3.8, 4) is 0 Å². The van der Waals surface area contributed by atoms with Gasteiger partial charge in [-0.2, -0.15) is 0 Å². The van der Waals surface area contributed by atoms with Crippen LogP contribution in [0.25, 0.3) is 0 Å². The number of carboxylic acid groups (broad SMARTS) is 1. The molecule has 0 aromatic carbocycles. The van der Waals surface area contributed by atoms with E-state index in [-0.39, 0.29) is 12.3 Å². The normalized spacial score (nSPS) is 17.5. The van der Waals surface area contributed by atoms with Crippen LogP contribution in [-0.4, -0.2) is 35.0 Å². The van der Waals surface area contributed by atoms with Gasteiger partial charge in [0.25, 0.3) is 0 Å². The van der Waals surface area contributed by atoms with Crippen LogP contribution in [0, 0.1) is 5.41 Å². The zero-order valence-electron chi connectivity index (χ0n) is 11.4. The third-order valence-corrected chi connectivity index (χ3v) is 3.81. The average Bonchev–Trinajstić information content (AvgIpc) is 2.39. The molecule has 4 heteroatoms. The van der Waals surface area contributed by atoms with E-state index in [0.29, 0.717) is 25.9 Å². The molecule has 1 rings (SSSR count). The van der Waals surface area contributed by atoms with Crippen LogP contribution in [0.2, 0.25) is 0 Å². The van der Waals surface area contributed by atoms with Gasteiger partial charge in [0.15, 0.2) is 0 Å². The number of amides is 1. The summed E-state index contributed by atoms with van der Waals surface area (Å²) in [6.07, 6.45) is 7.43. The van der Waals surface area contributed by atoms with Gasteiger partial charge in [-0.3, -0.25) is 9.59 Å². The summed E-state index contributed by atoms with van der Waals surface area (Å²) < 4.78 is 0.